The van der Waals surface area contributed by atoms with Gasteiger partial charge in [0.25, 0.3) is 5.91 Å². The van der Waals surface area contributed by atoms with Crippen molar-refractivity contribution in [2.75, 3.05) is 25.1 Å². The van der Waals surface area contributed by atoms with Crippen molar-refractivity contribution in [2.24, 2.45) is 17.8 Å². The second-order valence-electron chi connectivity index (χ2n) is 11.8. The van der Waals surface area contributed by atoms with Crippen molar-refractivity contribution in [1.82, 2.24) is 4.72 Å². The van der Waals surface area contributed by atoms with E-state index in [4.69, 9.17) is 21.1 Å². The van der Waals surface area contributed by atoms with Crippen molar-refractivity contribution in [3.05, 3.63) is 70.3 Å². The molecule has 0 saturated heterocycles. The minimum absolute atomic E-state index is 0.0225. The van der Waals surface area contributed by atoms with Crippen molar-refractivity contribution in [3.63, 3.8) is 0 Å². The molecule has 3 aliphatic rings. The van der Waals surface area contributed by atoms with Gasteiger partial charge in [-0.05, 0) is 105 Å². The third kappa shape index (κ3) is 6.76. The van der Waals surface area contributed by atoms with Crippen LogP contribution in [-0.2, 0) is 27.8 Å². The number of anilines is 1. The summed E-state index contributed by atoms with van der Waals surface area (Å²) in [5, 5.41) is -0.0214. The monoisotopic (exact) mass is 600 g/mol. The number of nitrogens with zero attached hydrogens (tertiary/aromatic N) is 1. The third-order valence-corrected chi connectivity index (χ3v) is 11.4. The van der Waals surface area contributed by atoms with Crippen molar-refractivity contribution in [1.29, 1.82) is 0 Å². The van der Waals surface area contributed by atoms with E-state index in [0.29, 0.717) is 36.2 Å². The lowest BCUT2D eigenvalue weighted by Crippen LogP contribution is -2.44. The summed E-state index contributed by atoms with van der Waals surface area (Å²) >= 11 is 6.31. The van der Waals surface area contributed by atoms with E-state index in [9.17, 15) is 13.2 Å². The minimum atomic E-state index is -3.88. The summed E-state index contributed by atoms with van der Waals surface area (Å²) in [6.07, 6.45) is 9.76. The zero-order valence-electron chi connectivity index (χ0n) is 24.1. The van der Waals surface area contributed by atoms with Gasteiger partial charge in [0.05, 0.1) is 17.0 Å². The molecule has 0 aromatic heterocycles. The molecule has 1 aliphatic carbocycles. The van der Waals surface area contributed by atoms with E-state index in [0.717, 1.165) is 61.5 Å². The smallest absolute Gasteiger partial charge is 0.264 e. The first-order valence-electron chi connectivity index (χ1n) is 14.7. The van der Waals surface area contributed by atoms with Crippen molar-refractivity contribution in [3.8, 4) is 5.75 Å². The molecule has 2 aromatic carbocycles. The molecule has 0 unspecified atom stereocenters. The summed E-state index contributed by atoms with van der Waals surface area (Å²) in [6.45, 7) is 5.54. The highest BCUT2D eigenvalue weighted by Gasteiger charge is 2.38. The average Bonchev–Trinajstić information content (AvgIpc) is 2.96. The number of amides is 1. The van der Waals surface area contributed by atoms with Crippen LogP contribution in [0.15, 0.2) is 48.6 Å². The molecular formula is C32H41ClN2O5S. The molecule has 9 heteroatoms. The van der Waals surface area contributed by atoms with Gasteiger partial charge >= 0.3 is 0 Å². The first-order chi connectivity index (χ1) is 19.7. The molecule has 2 aliphatic heterocycles. The Morgan fingerprint density at radius 2 is 1.90 bits per heavy atom. The number of fused-ring (bicyclic) bond motifs is 3. The highest BCUT2D eigenvalue weighted by atomic mass is 35.5. The van der Waals surface area contributed by atoms with E-state index in [2.05, 4.69) is 15.7 Å². The molecule has 41 heavy (non-hydrogen) atoms. The maximum atomic E-state index is 13.3. The third-order valence-electron chi connectivity index (χ3n) is 9.22. The largest absolute Gasteiger partial charge is 0.487 e. The molecule has 1 amide bonds. The Labute approximate surface area is 249 Å². The Bertz CT molecular complexity index is 1390. The maximum absolute atomic E-state index is 13.3. The van der Waals surface area contributed by atoms with Gasteiger partial charge in [0.2, 0.25) is 10.0 Å². The van der Waals surface area contributed by atoms with Gasteiger partial charge < -0.3 is 14.4 Å². The number of allylic oxidation sites excluding steroid dienone is 1. The minimum Gasteiger partial charge on any atom is -0.487 e. The molecule has 1 saturated carbocycles. The number of methoxy groups -OCH3 is 1. The van der Waals surface area contributed by atoms with E-state index in [1.807, 2.05) is 31.2 Å². The van der Waals surface area contributed by atoms with E-state index < -0.39 is 21.2 Å². The van der Waals surface area contributed by atoms with Crippen LogP contribution in [-0.4, -0.2) is 45.9 Å². The van der Waals surface area contributed by atoms with Crippen LogP contribution in [0.2, 0.25) is 5.02 Å². The molecule has 2 heterocycles. The number of rotatable bonds is 1. The Kier molecular flexibility index (Phi) is 9.31. The number of hydrogen-bond acceptors (Lipinski definition) is 6. The standard InChI is InChI=1S/C32H41ClN2O5S/c1-21-7-6-9-30(39-3)28-14-11-25(28)19-35-16-5-4-8-23-17-27(33)13-10-26(23)20-40-31-15-12-24(18-29(31)35)32(36)34-41(37,38)22(21)2/h6,9-10,12-13,15,17-18,21-22,25,28,30H,4-5,7-8,11,14,16,19-20H2,1-3H3,(H,34,36)/b9-6+/t21-,22+,25-,28+,30-/m0/s1. The van der Waals surface area contributed by atoms with Gasteiger partial charge in [0.1, 0.15) is 12.4 Å². The second kappa shape index (κ2) is 12.8. The number of hydrogen-bond donors (Lipinski definition) is 1. The fourth-order valence-corrected chi connectivity index (χ4v) is 7.70. The SMILES string of the molecule is CO[C@H]1/C=C/C[C@H](C)[C@@H](C)S(=O)(=O)NC(=O)c2ccc3c(c2)N(CCCCc2cc(Cl)ccc2CO3)C[C@@H]2CC[C@H]21. The first-order valence-corrected chi connectivity index (χ1v) is 16.6. The average molecular weight is 601 g/mol. The molecule has 0 radical (unpaired) electrons. The van der Waals surface area contributed by atoms with E-state index >= 15 is 0 Å². The number of carbonyl (C=O) groups is 1. The van der Waals surface area contributed by atoms with Gasteiger partial charge in [-0.2, -0.15) is 0 Å². The molecular weight excluding hydrogens is 560 g/mol. The van der Waals surface area contributed by atoms with Gasteiger partial charge in [-0.15, -0.1) is 0 Å². The Morgan fingerprint density at radius 1 is 1.07 bits per heavy atom. The lowest BCUT2D eigenvalue weighted by Gasteiger charge is -2.43. The van der Waals surface area contributed by atoms with Crippen LogP contribution in [0, 0.1) is 17.8 Å². The number of halogens is 1. The number of sulfonamides is 1. The number of ether oxygens (including phenoxy) is 2. The maximum Gasteiger partial charge on any atom is 0.264 e. The fraction of sp³-hybridized carbons (Fsp3) is 0.531. The van der Waals surface area contributed by atoms with Gasteiger partial charge in [0, 0.05) is 30.8 Å². The predicted octanol–water partition coefficient (Wildman–Crippen LogP) is 6.15. The summed E-state index contributed by atoms with van der Waals surface area (Å²) in [7, 11) is -2.13. The predicted molar refractivity (Wildman–Crippen MR) is 163 cm³/mol. The van der Waals surface area contributed by atoms with Crippen molar-refractivity contribution >= 4 is 33.2 Å². The molecule has 222 valence electrons. The Hall–Kier alpha value is -2.55. The number of benzene rings is 2. The Balaban J connectivity index is 1.55. The molecule has 2 bridgehead atoms. The molecule has 7 nitrogen and oxygen atoms in total. The highest BCUT2D eigenvalue weighted by Crippen LogP contribution is 2.41. The number of carbonyl (C=O) groups excluding carboxylic acids is 1. The summed E-state index contributed by atoms with van der Waals surface area (Å²) in [6, 6.07) is 11.2. The van der Waals surface area contributed by atoms with E-state index in [1.165, 1.54) is 5.56 Å². The molecule has 1 fully saturated rings. The normalized spacial score (nSPS) is 29.4. The highest BCUT2D eigenvalue weighted by molar-refractivity contribution is 7.90. The Morgan fingerprint density at radius 3 is 2.66 bits per heavy atom. The summed E-state index contributed by atoms with van der Waals surface area (Å²) in [5.74, 6) is 0.689. The van der Waals surface area contributed by atoms with E-state index in [-0.39, 0.29) is 12.0 Å². The van der Waals surface area contributed by atoms with Crippen LogP contribution in [0.5, 0.6) is 5.75 Å². The van der Waals surface area contributed by atoms with Gasteiger partial charge in [0.15, 0.2) is 0 Å². The quantitative estimate of drug-likeness (QED) is 0.395. The first kappa shape index (κ1) is 29.9. The van der Waals surface area contributed by atoms with Crippen LogP contribution in [0.1, 0.15) is 67.4 Å². The van der Waals surface area contributed by atoms with Gasteiger partial charge in [-0.25, -0.2) is 13.1 Å². The van der Waals surface area contributed by atoms with Crippen LogP contribution in [0.4, 0.5) is 5.69 Å². The molecule has 5 atom stereocenters. The topological polar surface area (TPSA) is 84.9 Å². The van der Waals surface area contributed by atoms with Crippen LogP contribution in [0.25, 0.3) is 0 Å². The summed E-state index contributed by atoms with van der Waals surface area (Å²) in [4.78, 5) is 15.6. The second-order valence-corrected chi connectivity index (χ2v) is 14.3. The van der Waals surface area contributed by atoms with Crippen molar-refractivity contribution in [2.45, 2.75) is 70.3 Å². The molecule has 5 rings (SSSR count). The van der Waals surface area contributed by atoms with Gasteiger partial charge in [-0.3, -0.25) is 4.79 Å². The zero-order chi connectivity index (χ0) is 29.1. The fourth-order valence-electron chi connectivity index (χ4n) is 6.22. The number of aryl methyl sites for hydroxylation is 1. The van der Waals surface area contributed by atoms with Crippen LogP contribution in [0.3, 0.4) is 0 Å². The lowest BCUT2D eigenvalue weighted by molar-refractivity contribution is 0.0134. The lowest BCUT2D eigenvalue weighted by atomic mass is 9.70. The number of nitrogens with one attached hydrogen (secondary N) is 1. The molecule has 1 N–H and O–H groups in total. The van der Waals surface area contributed by atoms with E-state index in [1.54, 1.807) is 32.2 Å². The van der Waals surface area contributed by atoms with Crippen LogP contribution < -0.4 is 14.4 Å². The van der Waals surface area contributed by atoms with Gasteiger partial charge in [-0.1, -0.05) is 36.7 Å². The van der Waals surface area contributed by atoms with Crippen molar-refractivity contribution < 1.29 is 22.7 Å². The summed E-state index contributed by atoms with van der Waals surface area (Å²) in [5.41, 5.74) is 3.40. The molecule has 0 spiro atoms. The van der Waals surface area contributed by atoms with Crippen LogP contribution >= 0.6 is 11.6 Å². The molecule has 2 aromatic rings. The summed E-state index contributed by atoms with van der Waals surface area (Å²) < 4.78 is 41.0. The zero-order valence-corrected chi connectivity index (χ0v) is 25.7.